The van der Waals surface area contributed by atoms with Gasteiger partial charge in [-0.15, -0.1) is 0 Å². The molecule has 3 fully saturated rings. The number of aromatic nitrogens is 1. The van der Waals surface area contributed by atoms with E-state index in [1.165, 1.54) is 30.3 Å². The minimum atomic E-state index is -0.290. The SMILES string of the molecule is CCCCn1c(N2CCN(c3ccc(F)cc3)CC2)c(C=C2SC(=S)N(C3CCCCC3)C2=O)c(C)c(C#N)c1=O. The number of hydrogen-bond acceptors (Lipinski definition) is 7. The van der Waals surface area contributed by atoms with Crippen LogP contribution >= 0.6 is 24.0 Å². The van der Waals surface area contributed by atoms with Crippen molar-refractivity contribution in [2.24, 2.45) is 0 Å². The molecule has 5 rings (SSSR count). The van der Waals surface area contributed by atoms with E-state index < -0.39 is 0 Å². The van der Waals surface area contributed by atoms with Crippen LogP contribution in [0.15, 0.2) is 34.0 Å². The molecule has 1 aromatic heterocycles. The molecule has 2 aromatic rings. The molecule has 10 heteroatoms. The zero-order chi connectivity index (χ0) is 29.1. The monoisotopic (exact) mass is 593 g/mol. The Bertz CT molecular complexity index is 1450. The molecule has 0 bridgehead atoms. The van der Waals surface area contributed by atoms with Crippen LogP contribution in [0.25, 0.3) is 6.08 Å². The third-order valence-electron chi connectivity index (χ3n) is 8.39. The summed E-state index contributed by atoms with van der Waals surface area (Å²) in [6.07, 6.45) is 8.86. The van der Waals surface area contributed by atoms with Crippen LogP contribution in [0.1, 0.15) is 68.6 Å². The second-order valence-electron chi connectivity index (χ2n) is 11.0. The van der Waals surface area contributed by atoms with Crippen LogP contribution < -0.4 is 15.4 Å². The van der Waals surface area contributed by atoms with Crippen molar-refractivity contribution in [1.82, 2.24) is 9.47 Å². The summed E-state index contributed by atoms with van der Waals surface area (Å²) in [6.45, 7) is 7.02. The number of piperazine rings is 1. The zero-order valence-electron chi connectivity index (χ0n) is 23.7. The lowest BCUT2D eigenvalue weighted by Crippen LogP contribution is -2.48. The van der Waals surface area contributed by atoms with Gasteiger partial charge in [0.05, 0.1) is 4.91 Å². The Labute approximate surface area is 250 Å². The number of carbonyl (C=O) groups excluding carboxylic acids is 1. The number of thioether (sulfide) groups is 1. The lowest BCUT2D eigenvalue weighted by Gasteiger charge is -2.39. The van der Waals surface area contributed by atoms with Gasteiger partial charge in [-0.3, -0.25) is 19.1 Å². The summed E-state index contributed by atoms with van der Waals surface area (Å²) in [5, 5.41) is 9.99. The van der Waals surface area contributed by atoms with Crippen LogP contribution in [0.5, 0.6) is 0 Å². The number of anilines is 2. The maximum Gasteiger partial charge on any atom is 0.270 e. The normalized spacial score (nSPS) is 19.4. The quantitative estimate of drug-likeness (QED) is 0.296. The molecule has 216 valence electrons. The molecule has 0 atom stereocenters. The minimum absolute atomic E-state index is 0.0804. The fourth-order valence-electron chi connectivity index (χ4n) is 6.10. The highest BCUT2D eigenvalue weighted by Crippen LogP contribution is 2.39. The Balaban J connectivity index is 1.54. The summed E-state index contributed by atoms with van der Waals surface area (Å²) in [7, 11) is 0. The molecule has 1 aliphatic carbocycles. The fourth-order valence-corrected chi connectivity index (χ4v) is 7.48. The first-order valence-electron chi connectivity index (χ1n) is 14.5. The van der Waals surface area contributed by atoms with Crippen molar-refractivity contribution in [3.05, 3.63) is 62.0 Å². The Morgan fingerprint density at radius 1 is 1.07 bits per heavy atom. The zero-order valence-corrected chi connectivity index (χ0v) is 25.3. The van der Waals surface area contributed by atoms with Crippen molar-refractivity contribution in [1.29, 1.82) is 5.26 Å². The van der Waals surface area contributed by atoms with Crippen LogP contribution in [0, 0.1) is 24.1 Å². The lowest BCUT2D eigenvalue weighted by molar-refractivity contribution is -0.124. The van der Waals surface area contributed by atoms with E-state index in [1.54, 1.807) is 28.5 Å². The fraction of sp³-hybridized carbons (Fsp3) is 0.484. The summed E-state index contributed by atoms with van der Waals surface area (Å²) in [4.78, 5) is 34.0. The van der Waals surface area contributed by atoms with Gasteiger partial charge in [0.25, 0.3) is 11.5 Å². The second-order valence-corrected chi connectivity index (χ2v) is 12.6. The Morgan fingerprint density at radius 3 is 2.37 bits per heavy atom. The van der Waals surface area contributed by atoms with Crippen molar-refractivity contribution in [3.8, 4) is 6.07 Å². The van der Waals surface area contributed by atoms with Gasteiger partial charge in [-0.25, -0.2) is 4.39 Å². The van der Waals surface area contributed by atoms with Gasteiger partial charge in [0.2, 0.25) is 0 Å². The molecule has 1 saturated carbocycles. The average Bonchev–Trinajstić information content (AvgIpc) is 3.27. The van der Waals surface area contributed by atoms with Crippen LogP contribution in [0.2, 0.25) is 0 Å². The smallest absolute Gasteiger partial charge is 0.270 e. The van der Waals surface area contributed by atoms with Crippen molar-refractivity contribution < 1.29 is 9.18 Å². The molecular formula is C31H36FN5O2S2. The predicted molar refractivity (Wildman–Crippen MR) is 168 cm³/mol. The lowest BCUT2D eigenvalue weighted by atomic mass is 9.94. The molecule has 0 radical (unpaired) electrons. The molecule has 7 nitrogen and oxygen atoms in total. The van der Waals surface area contributed by atoms with Crippen LogP contribution in [0.3, 0.4) is 0 Å². The van der Waals surface area contributed by atoms with Crippen molar-refractivity contribution in [2.45, 2.75) is 71.4 Å². The number of halogens is 1. The van der Waals surface area contributed by atoms with Crippen LogP contribution in [0.4, 0.5) is 15.9 Å². The predicted octanol–water partition coefficient (Wildman–Crippen LogP) is 5.83. The van der Waals surface area contributed by atoms with Crippen molar-refractivity contribution in [2.75, 3.05) is 36.0 Å². The molecule has 1 aromatic carbocycles. The third kappa shape index (κ3) is 5.93. The van der Waals surface area contributed by atoms with E-state index in [1.807, 2.05) is 6.08 Å². The third-order valence-corrected chi connectivity index (χ3v) is 9.72. The van der Waals surface area contributed by atoms with E-state index in [-0.39, 0.29) is 28.9 Å². The molecule has 0 unspecified atom stereocenters. The van der Waals surface area contributed by atoms with E-state index in [9.17, 15) is 19.2 Å². The molecule has 2 aliphatic heterocycles. The van der Waals surface area contributed by atoms with E-state index in [4.69, 9.17) is 12.2 Å². The summed E-state index contributed by atoms with van der Waals surface area (Å²) >= 11 is 7.00. The van der Waals surface area contributed by atoms with Crippen molar-refractivity contribution >= 4 is 51.8 Å². The van der Waals surface area contributed by atoms with Gasteiger partial charge in [0.1, 0.15) is 27.6 Å². The van der Waals surface area contributed by atoms with Gasteiger partial charge in [-0.2, -0.15) is 5.26 Å². The average molecular weight is 594 g/mol. The maximum atomic E-state index is 13.7. The maximum absolute atomic E-state index is 13.7. The first-order chi connectivity index (χ1) is 19.8. The van der Waals surface area contributed by atoms with Crippen LogP contribution in [-0.4, -0.2) is 51.9 Å². The summed E-state index contributed by atoms with van der Waals surface area (Å²) in [5.74, 6) is 0.406. The topological polar surface area (TPSA) is 72.6 Å². The Hall–Kier alpha value is -3.16. The van der Waals surface area contributed by atoms with Gasteiger partial charge in [-0.05, 0) is 62.1 Å². The van der Waals surface area contributed by atoms with Gasteiger partial charge >= 0.3 is 0 Å². The Kier molecular flexibility index (Phi) is 9.15. The minimum Gasteiger partial charge on any atom is -0.368 e. The van der Waals surface area contributed by atoms with Crippen LogP contribution in [-0.2, 0) is 11.3 Å². The number of nitrogens with zero attached hydrogens (tertiary/aromatic N) is 5. The number of nitriles is 1. The highest BCUT2D eigenvalue weighted by molar-refractivity contribution is 8.26. The molecule has 1 amide bonds. The highest BCUT2D eigenvalue weighted by atomic mass is 32.2. The summed E-state index contributed by atoms with van der Waals surface area (Å²) in [5.41, 5.74) is 2.10. The highest BCUT2D eigenvalue weighted by Gasteiger charge is 2.38. The van der Waals surface area contributed by atoms with E-state index in [0.717, 1.165) is 55.6 Å². The van der Waals surface area contributed by atoms with E-state index in [2.05, 4.69) is 22.8 Å². The number of benzene rings is 1. The molecule has 2 saturated heterocycles. The standard InChI is InChI=1S/C31H36FN5O2S2/c1-3-4-14-36-28(35-17-15-34(16-18-35)23-12-10-22(32)11-13-23)25(21(2)26(20-33)29(36)38)19-27-30(39)37(31(40)41-27)24-8-6-5-7-9-24/h10-13,19,24H,3-9,14-18H2,1-2H3. The van der Waals surface area contributed by atoms with Gasteiger partial charge < -0.3 is 9.80 Å². The number of unbranched alkanes of at least 4 members (excludes halogenated alkanes) is 1. The molecule has 3 aliphatic rings. The number of carbonyl (C=O) groups is 1. The largest absolute Gasteiger partial charge is 0.368 e. The number of pyridine rings is 1. The summed E-state index contributed by atoms with van der Waals surface area (Å²) < 4.78 is 15.8. The van der Waals surface area contributed by atoms with E-state index in [0.29, 0.717) is 47.5 Å². The first kappa shape index (κ1) is 29.3. The number of amides is 1. The van der Waals surface area contributed by atoms with Crippen molar-refractivity contribution in [3.63, 3.8) is 0 Å². The number of hydrogen-bond donors (Lipinski definition) is 0. The molecule has 0 spiro atoms. The van der Waals surface area contributed by atoms with Gasteiger partial charge in [0.15, 0.2) is 0 Å². The molecule has 0 N–H and O–H groups in total. The van der Waals surface area contributed by atoms with E-state index >= 15 is 0 Å². The summed E-state index contributed by atoms with van der Waals surface area (Å²) in [6, 6.07) is 8.78. The van der Waals surface area contributed by atoms with Gasteiger partial charge in [-0.1, -0.05) is 56.6 Å². The molecule has 3 heterocycles. The number of rotatable bonds is 7. The second kappa shape index (κ2) is 12.8. The van der Waals surface area contributed by atoms with Gasteiger partial charge in [0, 0.05) is 50.0 Å². The molecular weight excluding hydrogens is 558 g/mol. The molecule has 41 heavy (non-hydrogen) atoms. The first-order valence-corrected chi connectivity index (χ1v) is 15.8. The Morgan fingerprint density at radius 2 is 1.73 bits per heavy atom. The number of thiocarbonyl (C=S) groups is 1.